The molecule has 0 bridgehead atoms. The van der Waals surface area contributed by atoms with E-state index in [0.29, 0.717) is 13.1 Å². The number of anilines is 1. The summed E-state index contributed by atoms with van der Waals surface area (Å²) in [4.78, 5) is 19.4. The molecule has 0 saturated carbocycles. The minimum atomic E-state index is -0.406. The third kappa shape index (κ3) is 4.30. The predicted molar refractivity (Wildman–Crippen MR) is 103 cm³/mol. The number of halogens is 2. The molecule has 1 amide bonds. The van der Waals surface area contributed by atoms with Crippen LogP contribution < -0.4 is 10.2 Å². The van der Waals surface area contributed by atoms with Crippen LogP contribution in [0.1, 0.15) is 20.8 Å². The summed E-state index contributed by atoms with van der Waals surface area (Å²) in [5.41, 5.74) is 0.972. The average molecular weight is 383 g/mol. The van der Waals surface area contributed by atoms with Crippen molar-refractivity contribution in [3.8, 4) is 0 Å². The molecular formula is C19H28ClFN4O. The summed E-state index contributed by atoms with van der Waals surface area (Å²) in [7, 11) is 0. The van der Waals surface area contributed by atoms with Crippen molar-refractivity contribution in [3.05, 3.63) is 29.0 Å². The molecule has 0 aliphatic carbocycles. The van der Waals surface area contributed by atoms with E-state index in [9.17, 15) is 9.18 Å². The van der Waals surface area contributed by atoms with Gasteiger partial charge in [0.15, 0.2) is 0 Å². The molecule has 2 aliphatic rings. The van der Waals surface area contributed by atoms with E-state index in [-0.39, 0.29) is 22.5 Å². The molecule has 1 unspecified atom stereocenters. The largest absolute Gasteiger partial charge is 0.368 e. The lowest BCUT2D eigenvalue weighted by molar-refractivity contribution is -0.135. The van der Waals surface area contributed by atoms with E-state index in [4.69, 9.17) is 11.6 Å². The van der Waals surface area contributed by atoms with Crippen molar-refractivity contribution in [1.82, 2.24) is 15.1 Å². The van der Waals surface area contributed by atoms with Gasteiger partial charge in [-0.25, -0.2) is 4.39 Å². The zero-order valence-corrected chi connectivity index (χ0v) is 16.5. The van der Waals surface area contributed by atoms with Gasteiger partial charge in [-0.2, -0.15) is 0 Å². The number of piperazine rings is 2. The number of benzene rings is 1. The van der Waals surface area contributed by atoms with E-state index in [0.717, 1.165) is 38.4 Å². The summed E-state index contributed by atoms with van der Waals surface area (Å²) in [5, 5.41) is 3.50. The summed E-state index contributed by atoms with van der Waals surface area (Å²) in [5.74, 6) is -0.230. The van der Waals surface area contributed by atoms with Crippen molar-refractivity contribution >= 4 is 23.2 Å². The second-order valence-electron chi connectivity index (χ2n) is 8.03. The van der Waals surface area contributed by atoms with Crippen LogP contribution >= 0.6 is 11.6 Å². The number of carbonyl (C=O) groups is 1. The fourth-order valence-corrected chi connectivity index (χ4v) is 3.79. The monoisotopic (exact) mass is 382 g/mol. The first-order valence-electron chi connectivity index (χ1n) is 9.23. The quantitative estimate of drug-likeness (QED) is 0.851. The van der Waals surface area contributed by atoms with Gasteiger partial charge in [0.2, 0.25) is 5.91 Å². The number of hydrogen-bond acceptors (Lipinski definition) is 4. The summed E-state index contributed by atoms with van der Waals surface area (Å²) >= 11 is 5.89. The average Bonchev–Trinajstić information content (AvgIpc) is 2.63. The number of amides is 1. The van der Waals surface area contributed by atoms with Crippen LogP contribution in [0.2, 0.25) is 5.02 Å². The Labute approximate surface area is 160 Å². The normalized spacial score (nSPS) is 22.6. The van der Waals surface area contributed by atoms with Crippen molar-refractivity contribution in [2.75, 3.05) is 50.7 Å². The molecule has 1 N–H and O–H groups in total. The molecule has 1 atom stereocenters. The Morgan fingerprint density at radius 3 is 2.50 bits per heavy atom. The molecule has 1 aromatic rings. The minimum Gasteiger partial charge on any atom is -0.368 e. The van der Waals surface area contributed by atoms with Crippen LogP contribution in [0.15, 0.2) is 18.2 Å². The highest BCUT2D eigenvalue weighted by atomic mass is 35.5. The number of nitrogens with one attached hydrogen (secondary N) is 1. The zero-order chi connectivity index (χ0) is 18.9. The highest BCUT2D eigenvalue weighted by molar-refractivity contribution is 6.31. The lowest BCUT2D eigenvalue weighted by Gasteiger charge is -2.43. The Bertz CT molecular complexity index is 655. The zero-order valence-electron chi connectivity index (χ0n) is 15.8. The summed E-state index contributed by atoms with van der Waals surface area (Å²) in [6.45, 7) is 11.9. The SMILES string of the molecule is CC(C)(C)N1CCNC(C(=O)N2CCN(c3ccc(F)c(Cl)c3)CC2)C1. The molecule has 2 saturated heterocycles. The number of rotatable bonds is 2. The molecule has 26 heavy (non-hydrogen) atoms. The first kappa shape index (κ1) is 19.4. The van der Waals surface area contributed by atoms with Crippen molar-refractivity contribution in [1.29, 1.82) is 0 Å². The first-order valence-corrected chi connectivity index (χ1v) is 9.61. The van der Waals surface area contributed by atoms with Crippen LogP contribution in [0.4, 0.5) is 10.1 Å². The van der Waals surface area contributed by atoms with Crippen molar-refractivity contribution in [2.45, 2.75) is 32.4 Å². The summed E-state index contributed by atoms with van der Waals surface area (Å²) < 4.78 is 13.3. The highest BCUT2D eigenvalue weighted by Crippen LogP contribution is 2.24. The summed E-state index contributed by atoms with van der Waals surface area (Å²) in [6.07, 6.45) is 0. The van der Waals surface area contributed by atoms with Gasteiger partial charge in [-0.1, -0.05) is 11.6 Å². The van der Waals surface area contributed by atoms with Gasteiger partial charge in [-0.3, -0.25) is 9.69 Å². The maximum atomic E-state index is 13.3. The van der Waals surface area contributed by atoms with Gasteiger partial charge in [0.1, 0.15) is 5.82 Å². The molecule has 5 nitrogen and oxygen atoms in total. The van der Waals surface area contributed by atoms with Gasteiger partial charge in [-0.15, -0.1) is 0 Å². The van der Waals surface area contributed by atoms with E-state index >= 15 is 0 Å². The fraction of sp³-hybridized carbons (Fsp3) is 0.632. The van der Waals surface area contributed by atoms with Gasteiger partial charge in [0.25, 0.3) is 0 Å². The lowest BCUT2D eigenvalue weighted by atomic mass is 10.0. The maximum absolute atomic E-state index is 13.3. The molecule has 1 aromatic carbocycles. The van der Waals surface area contributed by atoms with Crippen LogP contribution in [0, 0.1) is 5.82 Å². The van der Waals surface area contributed by atoms with E-state index in [1.165, 1.54) is 6.07 Å². The minimum absolute atomic E-state index is 0.0706. The fourth-order valence-electron chi connectivity index (χ4n) is 3.61. The molecule has 3 rings (SSSR count). The van der Waals surface area contributed by atoms with E-state index < -0.39 is 5.82 Å². The van der Waals surface area contributed by atoms with Crippen molar-refractivity contribution in [3.63, 3.8) is 0 Å². The Morgan fingerprint density at radius 1 is 1.19 bits per heavy atom. The van der Waals surface area contributed by atoms with Crippen LogP contribution in [-0.2, 0) is 4.79 Å². The second-order valence-corrected chi connectivity index (χ2v) is 8.44. The predicted octanol–water partition coefficient (Wildman–Crippen LogP) is 2.20. The Balaban J connectivity index is 1.57. The van der Waals surface area contributed by atoms with Crippen molar-refractivity contribution < 1.29 is 9.18 Å². The van der Waals surface area contributed by atoms with Crippen LogP contribution in [-0.4, -0.2) is 73.1 Å². The molecular weight excluding hydrogens is 355 g/mol. The molecule has 2 heterocycles. The van der Waals surface area contributed by atoms with Crippen LogP contribution in [0.3, 0.4) is 0 Å². The second kappa shape index (κ2) is 7.71. The maximum Gasteiger partial charge on any atom is 0.241 e. The third-order valence-electron chi connectivity index (χ3n) is 5.28. The van der Waals surface area contributed by atoms with Gasteiger partial charge in [-0.05, 0) is 39.0 Å². The van der Waals surface area contributed by atoms with E-state index in [2.05, 4.69) is 35.9 Å². The van der Waals surface area contributed by atoms with Gasteiger partial charge < -0.3 is 15.1 Å². The topological polar surface area (TPSA) is 38.8 Å². The highest BCUT2D eigenvalue weighted by Gasteiger charge is 2.34. The van der Waals surface area contributed by atoms with Crippen molar-refractivity contribution in [2.24, 2.45) is 0 Å². The Kier molecular flexibility index (Phi) is 5.75. The number of carbonyl (C=O) groups excluding carboxylic acids is 1. The third-order valence-corrected chi connectivity index (χ3v) is 5.57. The molecule has 2 fully saturated rings. The lowest BCUT2D eigenvalue weighted by Crippen LogP contribution is -2.63. The van der Waals surface area contributed by atoms with Gasteiger partial charge in [0.05, 0.1) is 11.1 Å². The smallest absolute Gasteiger partial charge is 0.241 e. The molecule has 144 valence electrons. The number of nitrogens with zero attached hydrogens (tertiary/aromatic N) is 3. The molecule has 0 aromatic heterocycles. The van der Waals surface area contributed by atoms with E-state index in [1.807, 2.05) is 4.90 Å². The first-order chi connectivity index (χ1) is 12.3. The molecule has 0 spiro atoms. The molecule has 0 radical (unpaired) electrons. The number of hydrogen-bond donors (Lipinski definition) is 1. The van der Waals surface area contributed by atoms with Crippen LogP contribution in [0.25, 0.3) is 0 Å². The van der Waals surface area contributed by atoms with Gasteiger partial charge in [0, 0.05) is 57.0 Å². The van der Waals surface area contributed by atoms with Crippen LogP contribution in [0.5, 0.6) is 0 Å². The molecule has 2 aliphatic heterocycles. The van der Waals surface area contributed by atoms with Gasteiger partial charge >= 0.3 is 0 Å². The Hall–Kier alpha value is -1.37. The molecule has 7 heteroatoms. The Morgan fingerprint density at radius 2 is 1.88 bits per heavy atom. The standard InChI is InChI=1S/C19H28ClFN4O/c1-19(2,3)25-7-6-22-17(13-25)18(26)24-10-8-23(9-11-24)14-4-5-16(21)15(20)12-14/h4-5,12,17,22H,6-11,13H2,1-3H3. The summed E-state index contributed by atoms with van der Waals surface area (Å²) in [6, 6.07) is 4.64. The van der Waals surface area contributed by atoms with E-state index in [1.54, 1.807) is 12.1 Å².